The molecule has 0 aliphatic carbocycles. The van der Waals surface area contributed by atoms with Crippen molar-refractivity contribution in [3.05, 3.63) is 83.1 Å². The second-order valence-corrected chi connectivity index (χ2v) is 8.88. The van der Waals surface area contributed by atoms with Gasteiger partial charge in [-0.05, 0) is 45.6 Å². The SMILES string of the molecule is CN(C)CC(NC(=O)N1CC(C(N)=NC(=O)c2ccccc2)=C(N)C1(C)C)c1ccccc1. The van der Waals surface area contributed by atoms with Crippen molar-refractivity contribution in [2.24, 2.45) is 16.5 Å². The van der Waals surface area contributed by atoms with Crippen LogP contribution in [0.3, 0.4) is 0 Å². The Labute approximate surface area is 195 Å². The van der Waals surface area contributed by atoms with E-state index >= 15 is 0 Å². The summed E-state index contributed by atoms with van der Waals surface area (Å²) in [5, 5.41) is 3.12. The second-order valence-electron chi connectivity index (χ2n) is 8.88. The van der Waals surface area contributed by atoms with E-state index in [1.807, 2.05) is 69.2 Å². The first kappa shape index (κ1) is 24.0. The highest BCUT2D eigenvalue weighted by Crippen LogP contribution is 2.32. The van der Waals surface area contributed by atoms with Gasteiger partial charge >= 0.3 is 6.03 Å². The maximum atomic E-state index is 13.4. The summed E-state index contributed by atoms with van der Waals surface area (Å²) in [6, 6.07) is 18.0. The van der Waals surface area contributed by atoms with Crippen molar-refractivity contribution in [2.75, 3.05) is 27.2 Å². The van der Waals surface area contributed by atoms with Crippen molar-refractivity contribution in [1.82, 2.24) is 15.1 Å². The van der Waals surface area contributed by atoms with Crippen LogP contribution < -0.4 is 16.8 Å². The summed E-state index contributed by atoms with van der Waals surface area (Å²) in [4.78, 5) is 33.5. The lowest BCUT2D eigenvalue weighted by Crippen LogP contribution is -2.52. The van der Waals surface area contributed by atoms with Gasteiger partial charge in [0.25, 0.3) is 5.91 Å². The zero-order chi connectivity index (χ0) is 24.2. The lowest BCUT2D eigenvalue weighted by Gasteiger charge is -2.35. The topological polar surface area (TPSA) is 117 Å². The number of hydrogen-bond donors (Lipinski definition) is 3. The van der Waals surface area contributed by atoms with Crippen molar-refractivity contribution >= 4 is 17.8 Å². The first-order valence-electron chi connectivity index (χ1n) is 10.8. The normalized spacial score (nSPS) is 16.8. The molecule has 3 amide bonds. The van der Waals surface area contributed by atoms with E-state index in [2.05, 4.69) is 10.3 Å². The third-order valence-corrected chi connectivity index (χ3v) is 5.82. The summed E-state index contributed by atoms with van der Waals surface area (Å²) in [6.07, 6.45) is 0. The Balaban J connectivity index is 1.80. The van der Waals surface area contributed by atoms with E-state index in [-0.39, 0.29) is 24.5 Å². The molecule has 1 aliphatic rings. The van der Waals surface area contributed by atoms with Gasteiger partial charge in [-0.2, -0.15) is 4.99 Å². The van der Waals surface area contributed by atoms with E-state index < -0.39 is 11.4 Å². The number of rotatable bonds is 6. The minimum Gasteiger partial charge on any atom is -0.400 e. The molecular weight excluding hydrogens is 416 g/mol. The van der Waals surface area contributed by atoms with Crippen LogP contribution in [0.25, 0.3) is 0 Å². The zero-order valence-corrected chi connectivity index (χ0v) is 19.6. The number of aliphatic imine (C=N–C) groups is 1. The average molecular weight is 449 g/mol. The van der Waals surface area contributed by atoms with Crippen LogP contribution in [0, 0.1) is 0 Å². The maximum Gasteiger partial charge on any atom is 0.318 e. The molecule has 0 aromatic heterocycles. The Morgan fingerprint density at radius 3 is 2.24 bits per heavy atom. The summed E-state index contributed by atoms with van der Waals surface area (Å²) >= 11 is 0. The minimum absolute atomic E-state index is 0.0256. The number of nitrogens with one attached hydrogen (secondary N) is 1. The summed E-state index contributed by atoms with van der Waals surface area (Å²) in [6.45, 7) is 4.50. The van der Waals surface area contributed by atoms with Gasteiger partial charge in [-0.15, -0.1) is 0 Å². The molecule has 5 N–H and O–H groups in total. The van der Waals surface area contributed by atoms with E-state index in [1.54, 1.807) is 29.2 Å². The van der Waals surface area contributed by atoms with Gasteiger partial charge in [0.05, 0.1) is 18.1 Å². The molecule has 0 bridgehead atoms. The largest absolute Gasteiger partial charge is 0.400 e. The van der Waals surface area contributed by atoms with E-state index in [4.69, 9.17) is 11.5 Å². The minimum atomic E-state index is -0.797. The highest BCUT2D eigenvalue weighted by Gasteiger charge is 2.42. The number of nitrogens with two attached hydrogens (primary N) is 2. The molecule has 0 fully saturated rings. The third-order valence-electron chi connectivity index (χ3n) is 5.82. The predicted octanol–water partition coefficient (Wildman–Crippen LogP) is 2.50. The number of benzene rings is 2. The lowest BCUT2D eigenvalue weighted by atomic mass is 10.00. The van der Waals surface area contributed by atoms with Crippen LogP contribution in [0.15, 0.2) is 76.9 Å². The molecule has 3 rings (SSSR count). The Kier molecular flexibility index (Phi) is 7.18. The number of hydrogen-bond acceptors (Lipinski definition) is 4. The molecule has 2 aromatic carbocycles. The van der Waals surface area contributed by atoms with Crippen LogP contribution in [0.1, 0.15) is 35.8 Å². The average Bonchev–Trinajstić information content (AvgIpc) is 3.03. The molecule has 8 heteroatoms. The van der Waals surface area contributed by atoms with Gasteiger partial charge in [0.1, 0.15) is 5.84 Å². The van der Waals surface area contributed by atoms with Crippen LogP contribution >= 0.6 is 0 Å². The molecule has 0 radical (unpaired) electrons. The summed E-state index contributed by atoms with van der Waals surface area (Å²) in [5.74, 6) is -0.429. The zero-order valence-electron chi connectivity index (χ0n) is 19.6. The second kappa shape index (κ2) is 9.87. The Morgan fingerprint density at radius 1 is 1.09 bits per heavy atom. The standard InChI is InChI=1S/C25H32N6O2/c1-25(2)21(26)19(22(27)29-23(32)18-13-9-6-10-14-18)15-31(25)24(33)28-20(16-30(3)4)17-11-7-5-8-12-17/h5-14,20H,15-16,26H2,1-4H3,(H,28,33)(H2,27,29,32). The molecule has 8 nitrogen and oxygen atoms in total. The summed E-state index contributed by atoms with van der Waals surface area (Å²) in [5.41, 5.74) is 14.1. The van der Waals surface area contributed by atoms with E-state index in [0.717, 1.165) is 5.56 Å². The summed E-state index contributed by atoms with van der Waals surface area (Å²) < 4.78 is 0. The number of nitrogens with zero attached hydrogens (tertiary/aromatic N) is 3. The number of carbonyl (C=O) groups is 2. The van der Waals surface area contributed by atoms with Gasteiger partial charge in [-0.3, -0.25) is 4.79 Å². The molecule has 174 valence electrons. The lowest BCUT2D eigenvalue weighted by molar-refractivity contribution is 0.100. The van der Waals surface area contributed by atoms with Crippen molar-refractivity contribution in [3.8, 4) is 0 Å². The number of amidine groups is 1. The van der Waals surface area contributed by atoms with Gasteiger partial charge in [0, 0.05) is 23.4 Å². The highest BCUT2D eigenvalue weighted by molar-refractivity contribution is 6.09. The predicted molar refractivity (Wildman–Crippen MR) is 131 cm³/mol. The fourth-order valence-corrected chi connectivity index (χ4v) is 3.83. The van der Waals surface area contributed by atoms with Gasteiger partial charge in [0.15, 0.2) is 0 Å². The van der Waals surface area contributed by atoms with E-state index in [0.29, 0.717) is 23.4 Å². The van der Waals surface area contributed by atoms with Crippen LogP contribution in [0.5, 0.6) is 0 Å². The first-order valence-corrected chi connectivity index (χ1v) is 10.8. The highest BCUT2D eigenvalue weighted by atomic mass is 16.2. The fraction of sp³-hybridized carbons (Fsp3) is 0.320. The first-order chi connectivity index (χ1) is 15.6. The monoisotopic (exact) mass is 448 g/mol. The molecule has 0 saturated carbocycles. The van der Waals surface area contributed by atoms with Crippen LogP contribution in [-0.2, 0) is 0 Å². The van der Waals surface area contributed by atoms with Gasteiger partial charge in [0.2, 0.25) is 0 Å². The van der Waals surface area contributed by atoms with Crippen molar-refractivity contribution in [3.63, 3.8) is 0 Å². The maximum absolute atomic E-state index is 13.4. The molecule has 1 aliphatic heterocycles. The fourth-order valence-electron chi connectivity index (χ4n) is 3.83. The molecule has 1 unspecified atom stereocenters. The van der Waals surface area contributed by atoms with Crippen LogP contribution in [0.2, 0.25) is 0 Å². The Morgan fingerprint density at radius 2 is 1.67 bits per heavy atom. The number of likely N-dealkylation sites (N-methyl/N-ethyl adjacent to an activating group) is 1. The molecule has 1 atom stereocenters. The van der Waals surface area contributed by atoms with Crippen LogP contribution in [0.4, 0.5) is 4.79 Å². The smallest absolute Gasteiger partial charge is 0.318 e. The Bertz CT molecular complexity index is 1060. The van der Waals surface area contributed by atoms with Gasteiger partial charge in [-0.25, -0.2) is 4.79 Å². The summed E-state index contributed by atoms with van der Waals surface area (Å²) in [7, 11) is 3.92. The van der Waals surface area contributed by atoms with Gasteiger partial charge in [-0.1, -0.05) is 48.5 Å². The Hall–Kier alpha value is -3.65. The van der Waals surface area contributed by atoms with E-state index in [9.17, 15) is 9.59 Å². The van der Waals surface area contributed by atoms with E-state index in [1.165, 1.54) is 0 Å². The number of carbonyl (C=O) groups excluding carboxylic acids is 2. The molecule has 33 heavy (non-hydrogen) atoms. The molecular formula is C25H32N6O2. The number of urea groups is 1. The van der Waals surface area contributed by atoms with Crippen LogP contribution in [-0.4, -0.2) is 60.3 Å². The van der Waals surface area contributed by atoms with Crippen molar-refractivity contribution in [1.29, 1.82) is 0 Å². The third kappa shape index (κ3) is 5.40. The van der Waals surface area contributed by atoms with Crippen molar-refractivity contribution < 1.29 is 9.59 Å². The quantitative estimate of drug-likeness (QED) is 0.464. The molecule has 0 spiro atoms. The van der Waals surface area contributed by atoms with Crippen molar-refractivity contribution in [2.45, 2.75) is 25.4 Å². The molecule has 2 aromatic rings. The number of amides is 3. The molecule has 1 heterocycles. The molecule has 0 saturated heterocycles. The van der Waals surface area contributed by atoms with Gasteiger partial charge < -0.3 is 26.6 Å².